The number of benzene rings is 4. The van der Waals surface area contributed by atoms with Crippen LogP contribution in [0.2, 0.25) is 0 Å². The fourth-order valence-electron chi connectivity index (χ4n) is 5.08. The third-order valence-corrected chi connectivity index (χ3v) is 7.34. The van der Waals surface area contributed by atoms with E-state index in [4.69, 9.17) is 0 Å². The molecule has 0 radical (unpaired) electrons. The Morgan fingerprint density at radius 3 is 2.12 bits per heavy atom. The van der Waals surface area contributed by atoms with Gasteiger partial charge in [0.1, 0.15) is 6.54 Å². The maximum Gasteiger partial charge on any atom is 0.270 e. The fourth-order valence-corrected chi connectivity index (χ4v) is 5.08. The summed E-state index contributed by atoms with van der Waals surface area (Å²) in [5.41, 5.74) is 3.76. The number of amides is 4. The van der Waals surface area contributed by atoms with E-state index < -0.39 is 35.1 Å². The van der Waals surface area contributed by atoms with E-state index >= 15 is 0 Å². The van der Waals surface area contributed by atoms with Crippen LogP contribution < -0.4 is 15.5 Å². The van der Waals surface area contributed by atoms with E-state index in [1.807, 2.05) is 30.3 Å². The van der Waals surface area contributed by atoms with Crippen LogP contribution in [0.4, 0.5) is 22.7 Å². The monoisotopic (exact) mass is 573 g/mol. The first-order valence-electron chi connectivity index (χ1n) is 13.2. The topological polar surface area (TPSA) is 142 Å². The molecular formula is C32H23N5O6. The van der Waals surface area contributed by atoms with Crippen molar-refractivity contribution in [2.45, 2.75) is 0 Å². The highest BCUT2D eigenvalue weighted by molar-refractivity contribution is 6.37. The molecule has 0 saturated heterocycles. The zero-order valence-electron chi connectivity index (χ0n) is 22.7. The Bertz CT molecular complexity index is 1830. The number of nitro groups is 1. The number of hydrogen-bond donors (Lipinski definition) is 2. The van der Waals surface area contributed by atoms with Crippen LogP contribution in [-0.2, 0) is 9.59 Å². The van der Waals surface area contributed by atoms with E-state index in [0.29, 0.717) is 33.9 Å². The number of nitrogens with one attached hydrogen (secondary N) is 2. The van der Waals surface area contributed by atoms with Crippen LogP contribution in [0.15, 0.2) is 97.1 Å². The van der Waals surface area contributed by atoms with Gasteiger partial charge in [0, 0.05) is 41.8 Å². The molecule has 2 N–H and O–H groups in total. The Morgan fingerprint density at radius 1 is 0.860 bits per heavy atom. The number of carbonyl (C=O) groups excluding carboxylic acids is 4. The van der Waals surface area contributed by atoms with Gasteiger partial charge < -0.3 is 15.5 Å². The van der Waals surface area contributed by atoms with Crippen LogP contribution in [0.1, 0.15) is 31.8 Å². The van der Waals surface area contributed by atoms with Crippen molar-refractivity contribution in [2.75, 3.05) is 29.1 Å². The van der Waals surface area contributed by atoms with Crippen molar-refractivity contribution in [3.63, 3.8) is 0 Å². The normalized spacial score (nSPS) is 14.6. The molecule has 4 aromatic carbocycles. The standard InChI is InChI=1S/C32H23N5O6/c1-35(27(38)18-36-31(40)23-9-5-6-10-24(23)32(36)41)21-13-11-20(12-14-21)33-29(19-7-3-2-4-8-19)28-25-17-22(37(42)43)15-16-26(25)34-30(28)39/h2-17,33H,18H2,1H3,(H,34,39). The quantitative estimate of drug-likeness (QED) is 0.140. The molecule has 0 aromatic heterocycles. The summed E-state index contributed by atoms with van der Waals surface area (Å²) >= 11 is 0. The van der Waals surface area contributed by atoms with Gasteiger partial charge >= 0.3 is 0 Å². The molecule has 11 nitrogen and oxygen atoms in total. The summed E-state index contributed by atoms with van der Waals surface area (Å²) in [6, 6.07) is 26.6. The Labute approximate surface area is 245 Å². The van der Waals surface area contributed by atoms with Gasteiger partial charge in [-0.1, -0.05) is 42.5 Å². The molecular weight excluding hydrogens is 550 g/mol. The van der Waals surface area contributed by atoms with Crippen LogP contribution in [0.5, 0.6) is 0 Å². The summed E-state index contributed by atoms with van der Waals surface area (Å²) in [6.07, 6.45) is 0. The first-order valence-corrected chi connectivity index (χ1v) is 13.2. The van der Waals surface area contributed by atoms with Crippen molar-refractivity contribution in [2.24, 2.45) is 0 Å². The maximum atomic E-state index is 13.1. The molecule has 0 unspecified atom stereocenters. The van der Waals surface area contributed by atoms with Crippen LogP contribution >= 0.6 is 0 Å². The lowest BCUT2D eigenvalue weighted by molar-refractivity contribution is -0.384. The van der Waals surface area contributed by atoms with Crippen LogP contribution in [0.25, 0.3) is 11.3 Å². The van der Waals surface area contributed by atoms with Gasteiger partial charge in [-0.3, -0.25) is 34.2 Å². The van der Waals surface area contributed by atoms with Gasteiger partial charge in [0.25, 0.3) is 23.4 Å². The molecule has 0 aliphatic carbocycles. The Balaban J connectivity index is 1.26. The Hall–Kier alpha value is -6.10. The van der Waals surface area contributed by atoms with Gasteiger partial charge in [-0.25, -0.2) is 0 Å². The third-order valence-electron chi connectivity index (χ3n) is 7.34. The van der Waals surface area contributed by atoms with Crippen molar-refractivity contribution in [1.82, 2.24) is 4.90 Å². The van der Waals surface area contributed by atoms with E-state index in [9.17, 15) is 29.3 Å². The highest BCUT2D eigenvalue weighted by Crippen LogP contribution is 2.39. The summed E-state index contributed by atoms with van der Waals surface area (Å²) in [5.74, 6) is -1.88. The lowest BCUT2D eigenvalue weighted by Crippen LogP contribution is -2.41. The smallest absolute Gasteiger partial charge is 0.270 e. The molecule has 0 fully saturated rings. The number of carbonyl (C=O) groups is 4. The average Bonchev–Trinajstić information content (AvgIpc) is 3.48. The number of hydrogen-bond acceptors (Lipinski definition) is 7. The molecule has 0 atom stereocenters. The predicted molar refractivity (Wildman–Crippen MR) is 160 cm³/mol. The van der Waals surface area contributed by atoms with Gasteiger partial charge in [0.05, 0.1) is 27.3 Å². The molecule has 11 heteroatoms. The number of anilines is 3. The lowest BCUT2D eigenvalue weighted by atomic mass is 9.99. The molecule has 2 heterocycles. The van der Waals surface area contributed by atoms with Crippen molar-refractivity contribution in [3.05, 3.63) is 129 Å². The van der Waals surface area contributed by atoms with E-state index in [2.05, 4.69) is 10.6 Å². The van der Waals surface area contributed by atoms with E-state index in [1.165, 1.54) is 23.1 Å². The van der Waals surface area contributed by atoms with Gasteiger partial charge in [0.15, 0.2) is 0 Å². The minimum absolute atomic E-state index is 0.140. The highest BCUT2D eigenvalue weighted by atomic mass is 16.6. The summed E-state index contributed by atoms with van der Waals surface area (Å²) in [5, 5.41) is 17.5. The molecule has 0 bridgehead atoms. The minimum atomic E-state index is -0.513. The average molecular weight is 574 g/mol. The summed E-state index contributed by atoms with van der Waals surface area (Å²) in [6.45, 7) is -0.409. The maximum absolute atomic E-state index is 13.1. The first kappa shape index (κ1) is 27.1. The van der Waals surface area contributed by atoms with Gasteiger partial charge in [-0.05, 0) is 48.0 Å². The highest BCUT2D eigenvalue weighted by Gasteiger charge is 2.37. The SMILES string of the molecule is CN(C(=O)CN1C(=O)c2ccccc2C1=O)c1ccc(NC(=C2C(=O)Nc3ccc([N+](=O)[O-])cc32)c2ccccc2)cc1. The first-order chi connectivity index (χ1) is 20.7. The molecule has 0 saturated carbocycles. The Morgan fingerprint density at radius 2 is 1.49 bits per heavy atom. The zero-order chi connectivity index (χ0) is 30.2. The molecule has 6 rings (SSSR count). The molecule has 43 heavy (non-hydrogen) atoms. The number of fused-ring (bicyclic) bond motifs is 2. The molecule has 4 aromatic rings. The van der Waals surface area contributed by atoms with E-state index in [0.717, 1.165) is 4.90 Å². The fraction of sp³-hybridized carbons (Fsp3) is 0.0625. The van der Waals surface area contributed by atoms with Gasteiger partial charge in [0.2, 0.25) is 5.91 Å². The molecule has 2 aliphatic heterocycles. The van der Waals surface area contributed by atoms with E-state index in [1.54, 1.807) is 55.6 Å². The lowest BCUT2D eigenvalue weighted by Gasteiger charge is -2.21. The number of nitrogens with zero attached hydrogens (tertiary/aromatic N) is 3. The second kappa shape index (κ2) is 10.7. The predicted octanol–water partition coefficient (Wildman–Crippen LogP) is 4.79. The second-order valence-electron chi connectivity index (χ2n) is 9.92. The second-order valence-corrected chi connectivity index (χ2v) is 9.92. The van der Waals surface area contributed by atoms with Crippen molar-refractivity contribution >= 4 is 57.6 Å². The van der Waals surface area contributed by atoms with Gasteiger partial charge in [-0.2, -0.15) is 0 Å². The van der Waals surface area contributed by atoms with E-state index in [-0.39, 0.29) is 22.4 Å². The summed E-state index contributed by atoms with van der Waals surface area (Å²) in [4.78, 5) is 64.8. The number of non-ortho nitro benzene ring substituents is 1. The minimum Gasteiger partial charge on any atom is -0.354 e. The molecule has 0 spiro atoms. The van der Waals surface area contributed by atoms with Crippen molar-refractivity contribution < 1.29 is 24.1 Å². The zero-order valence-corrected chi connectivity index (χ0v) is 22.7. The molecule has 2 aliphatic rings. The van der Waals surface area contributed by atoms with Crippen LogP contribution in [0, 0.1) is 10.1 Å². The van der Waals surface area contributed by atoms with Crippen LogP contribution in [0.3, 0.4) is 0 Å². The number of nitro benzene ring substituents is 1. The van der Waals surface area contributed by atoms with Crippen molar-refractivity contribution in [1.29, 1.82) is 0 Å². The Kier molecular flexibility index (Phi) is 6.75. The summed E-state index contributed by atoms with van der Waals surface area (Å²) < 4.78 is 0. The summed E-state index contributed by atoms with van der Waals surface area (Å²) in [7, 11) is 1.55. The van der Waals surface area contributed by atoms with Gasteiger partial charge in [-0.15, -0.1) is 0 Å². The largest absolute Gasteiger partial charge is 0.354 e. The van der Waals surface area contributed by atoms with Crippen molar-refractivity contribution in [3.8, 4) is 0 Å². The third kappa shape index (κ3) is 4.88. The number of likely N-dealkylation sites (N-methyl/N-ethyl adjacent to an activating group) is 1. The number of imide groups is 1. The number of rotatable bonds is 7. The molecule has 212 valence electrons. The molecule has 4 amide bonds. The van der Waals surface area contributed by atoms with Crippen LogP contribution in [-0.4, -0.2) is 47.0 Å².